The van der Waals surface area contributed by atoms with E-state index in [2.05, 4.69) is 13.8 Å². The molecule has 1 unspecified atom stereocenters. The minimum Gasteiger partial charge on any atom is -0.494 e. The lowest BCUT2D eigenvalue weighted by Crippen LogP contribution is -2.15. The van der Waals surface area contributed by atoms with E-state index in [-0.39, 0.29) is 17.2 Å². The van der Waals surface area contributed by atoms with E-state index in [9.17, 15) is 14.4 Å². The average molecular weight is 647 g/mol. The molecule has 248 valence electrons. The number of hydrogen-bond acceptors (Lipinski definition) is 7. The van der Waals surface area contributed by atoms with Crippen LogP contribution in [-0.4, -0.2) is 29.8 Å². The summed E-state index contributed by atoms with van der Waals surface area (Å²) >= 11 is 1.10. The van der Waals surface area contributed by atoms with Crippen LogP contribution in [0, 0.1) is 0 Å². The molecule has 0 heterocycles. The van der Waals surface area contributed by atoms with Gasteiger partial charge in [-0.25, -0.2) is 9.59 Å². The van der Waals surface area contributed by atoms with Crippen molar-refractivity contribution >= 4 is 28.8 Å². The molecule has 0 aliphatic rings. The van der Waals surface area contributed by atoms with Crippen LogP contribution < -0.4 is 9.47 Å². The van der Waals surface area contributed by atoms with Crippen LogP contribution in [-0.2, 0) is 4.74 Å². The van der Waals surface area contributed by atoms with E-state index in [1.807, 2.05) is 19.1 Å². The lowest BCUT2D eigenvalue weighted by atomic mass is 10.1. The maximum atomic E-state index is 12.8. The predicted molar refractivity (Wildman–Crippen MR) is 186 cm³/mol. The summed E-state index contributed by atoms with van der Waals surface area (Å²) in [7, 11) is 0. The van der Waals surface area contributed by atoms with E-state index in [0.29, 0.717) is 29.0 Å². The van der Waals surface area contributed by atoms with Gasteiger partial charge < -0.3 is 14.2 Å². The van der Waals surface area contributed by atoms with Crippen molar-refractivity contribution in [3.63, 3.8) is 0 Å². The van der Waals surface area contributed by atoms with Gasteiger partial charge >= 0.3 is 11.9 Å². The maximum Gasteiger partial charge on any atom is 0.343 e. The van der Waals surface area contributed by atoms with E-state index in [4.69, 9.17) is 14.2 Å². The molecule has 0 aromatic heterocycles. The summed E-state index contributed by atoms with van der Waals surface area (Å²) in [6.45, 7) is 7.00. The van der Waals surface area contributed by atoms with Gasteiger partial charge in [0, 0.05) is 10.5 Å². The molecule has 0 saturated carbocycles. The summed E-state index contributed by atoms with van der Waals surface area (Å²) in [6, 6.07) is 20.3. The molecule has 0 saturated heterocycles. The van der Waals surface area contributed by atoms with E-state index in [1.54, 1.807) is 60.7 Å². The molecule has 6 nitrogen and oxygen atoms in total. The van der Waals surface area contributed by atoms with Crippen molar-refractivity contribution in [2.24, 2.45) is 0 Å². The molecule has 7 heteroatoms. The van der Waals surface area contributed by atoms with Crippen molar-refractivity contribution in [3.8, 4) is 11.5 Å². The number of esters is 2. The van der Waals surface area contributed by atoms with Gasteiger partial charge in [0.15, 0.2) is 0 Å². The van der Waals surface area contributed by atoms with Crippen LogP contribution in [0.3, 0.4) is 0 Å². The monoisotopic (exact) mass is 646 g/mol. The largest absolute Gasteiger partial charge is 0.494 e. The molecule has 0 radical (unpaired) electrons. The second-order valence-corrected chi connectivity index (χ2v) is 12.8. The summed E-state index contributed by atoms with van der Waals surface area (Å²) < 4.78 is 16.9. The van der Waals surface area contributed by atoms with E-state index in [0.717, 1.165) is 48.1 Å². The van der Waals surface area contributed by atoms with Crippen molar-refractivity contribution in [1.29, 1.82) is 0 Å². The van der Waals surface area contributed by atoms with Crippen molar-refractivity contribution in [2.45, 2.75) is 115 Å². The minimum atomic E-state index is -0.526. The minimum absolute atomic E-state index is 0.0885. The standard InChI is InChI=1S/C39H50O6S/c1-4-6-8-10-11-12-13-15-29-43-34-23-19-33(20-24-34)39(42)46-36-27-21-32(22-28-36)38(41)45-35-25-17-31(18-26-35)37(40)44-30(3)16-14-9-7-5-2/h17-28,30H,4-16,29H2,1-3H3. The Bertz CT molecular complexity index is 1320. The molecule has 0 aliphatic heterocycles. The lowest BCUT2D eigenvalue weighted by Gasteiger charge is -2.13. The molecule has 0 bridgehead atoms. The molecule has 3 aromatic carbocycles. The molecule has 0 N–H and O–H groups in total. The van der Waals surface area contributed by atoms with Crippen molar-refractivity contribution in [1.82, 2.24) is 0 Å². The SMILES string of the molecule is CCCCCCCCCCOc1ccc(C(=O)Sc2ccc(C(=O)Oc3ccc(C(=O)OC(C)CCCCCC)cc3)cc2)cc1. The first-order valence-corrected chi connectivity index (χ1v) is 17.8. The number of carbonyl (C=O) groups is 3. The van der Waals surface area contributed by atoms with Gasteiger partial charge in [0.25, 0.3) is 0 Å². The number of benzene rings is 3. The quantitative estimate of drug-likeness (QED) is 0.0493. The maximum absolute atomic E-state index is 12.8. The highest BCUT2D eigenvalue weighted by Gasteiger charge is 2.15. The Hall–Kier alpha value is -3.58. The Morgan fingerprint density at radius 2 is 1.09 bits per heavy atom. The number of carbonyl (C=O) groups excluding carboxylic acids is 3. The first-order valence-electron chi connectivity index (χ1n) is 17.0. The number of unbranched alkanes of at least 4 members (excludes halogenated alkanes) is 10. The van der Waals surface area contributed by atoms with E-state index in [1.165, 1.54) is 57.8 Å². The predicted octanol–water partition coefficient (Wildman–Crippen LogP) is 10.9. The first-order chi connectivity index (χ1) is 22.4. The number of thioether (sulfide) groups is 1. The summed E-state index contributed by atoms with van der Waals surface area (Å²) in [5, 5.41) is -0.0885. The van der Waals surface area contributed by atoms with Crippen LogP contribution in [0.15, 0.2) is 77.7 Å². The average Bonchev–Trinajstić information content (AvgIpc) is 3.07. The van der Waals surface area contributed by atoms with Crippen molar-refractivity contribution < 1.29 is 28.6 Å². The third kappa shape index (κ3) is 13.8. The molecule has 0 fully saturated rings. The molecule has 0 spiro atoms. The Balaban J connectivity index is 1.39. The third-order valence-corrected chi connectivity index (χ3v) is 8.66. The number of ether oxygens (including phenoxy) is 3. The molecule has 46 heavy (non-hydrogen) atoms. The highest BCUT2D eigenvalue weighted by molar-refractivity contribution is 8.14. The highest BCUT2D eigenvalue weighted by Crippen LogP contribution is 2.25. The molecule has 1 atom stereocenters. The topological polar surface area (TPSA) is 78.9 Å². The number of rotatable bonds is 21. The summed E-state index contributed by atoms with van der Waals surface area (Å²) in [6.07, 6.45) is 15.3. The Morgan fingerprint density at radius 1 is 0.587 bits per heavy atom. The third-order valence-electron chi connectivity index (χ3n) is 7.73. The smallest absolute Gasteiger partial charge is 0.343 e. The van der Waals surface area contributed by atoms with Crippen LogP contribution in [0.25, 0.3) is 0 Å². The highest BCUT2D eigenvalue weighted by atomic mass is 32.2. The molecule has 0 aliphatic carbocycles. The molecule has 3 aromatic rings. The van der Waals surface area contributed by atoms with Crippen LogP contribution in [0.2, 0.25) is 0 Å². The number of hydrogen-bond donors (Lipinski definition) is 0. The fraction of sp³-hybridized carbons (Fsp3) is 0.462. The van der Waals surface area contributed by atoms with Gasteiger partial charge in [-0.2, -0.15) is 0 Å². The Kier molecular flexibility index (Phi) is 17.0. The van der Waals surface area contributed by atoms with Gasteiger partial charge in [0.05, 0.1) is 23.8 Å². The molecule has 0 amide bonds. The zero-order valence-electron chi connectivity index (χ0n) is 27.8. The summed E-state index contributed by atoms with van der Waals surface area (Å²) in [5.41, 5.74) is 1.35. The van der Waals surface area contributed by atoms with Crippen LogP contribution in [0.5, 0.6) is 11.5 Å². The fourth-order valence-corrected chi connectivity index (χ4v) is 5.67. The van der Waals surface area contributed by atoms with Gasteiger partial charge in [0.2, 0.25) is 5.12 Å². The zero-order chi connectivity index (χ0) is 33.0. The van der Waals surface area contributed by atoms with Crippen molar-refractivity contribution in [2.75, 3.05) is 6.61 Å². The Morgan fingerprint density at radius 3 is 1.72 bits per heavy atom. The van der Waals surface area contributed by atoms with Gasteiger partial charge in [-0.1, -0.05) is 78.1 Å². The van der Waals surface area contributed by atoms with Crippen LogP contribution in [0.4, 0.5) is 0 Å². The lowest BCUT2D eigenvalue weighted by molar-refractivity contribution is 0.0319. The van der Waals surface area contributed by atoms with Crippen LogP contribution in [0.1, 0.15) is 135 Å². The molecule has 3 rings (SSSR count). The van der Waals surface area contributed by atoms with Gasteiger partial charge in [-0.15, -0.1) is 0 Å². The summed E-state index contributed by atoms with van der Waals surface area (Å²) in [4.78, 5) is 38.7. The molecular formula is C39H50O6S. The first kappa shape index (κ1) is 36.9. The van der Waals surface area contributed by atoms with Gasteiger partial charge in [0.1, 0.15) is 11.5 Å². The van der Waals surface area contributed by atoms with Crippen LogP contribution >= 0.6 is 11.8 Å². The van der Waals surface area contributed by atoms with E-state index >= 15 is 0 Å². The summed E-state index contributed by atoms with van der Waals surface area (Å²) in [5.74, 6) is 0.182. The van der Waals surface area contributed by atoms with Crippen molar-refractivity contribution in [3.05, 3.63) is 89.5 Å². The fourth-order valence-electron chi connectivity index (χ4n) is 4.93. The second-order valence-electron chi connectivity index (χ2n) is 11.7. The zero-order valence-corrected chi connectivity index (χ0v) is 28.6. The Labute approximate surface area is 279 Å². The van der Waals surface area contributed by atoms with E-state index < -0.39 is 5.97 Å². The normalized spacial score (nSPS) is 11.5. The van der Waals surface area contributed by atoms with Gasteiger partial charge in [-0.3, -0.25) is 4.79 Å². The molecular weight excluding hydrogens is 596 g/mol. The second kappa shape index (κ2) is 21.3. The van der Waals surface area contributed by atoms with Gasteiger partial charge in [-0.05, 0) is 111 Å².